The fourth-order valence-electron chi connectivity index (χ4n) is 2.64. The first-order valence-electron chi connectivity index (χ1n) is 6.90. The first kappa shape index (κ1) is 14.3. The largest absolute Gasteiger partial charge is 0.481 e. The minimum absolute atomic E-state index is 0.0180. The molecule has 1 N–H and O–H groups in total. The molecule has 2 aliphatic heterocycles. The summed E-state index contributed by atoms with van der Waals surface area (Å²) in [6.07, 6.45) is 2.80. The van der Waals surface area contributed by atoms with Gasteiger partial charge in [0, 0.05) is 32.4 Å². The molecule has 0 radical (unpaired) electrons. The van der Waals surface area contributed by atoms with Crippen LogP contribution in [0.4, 0.5) is 0 Å². The zero-order valence-corrected chi connectivity index (χ0v) is 11.0. The highest BCUT2D eigenvalue weighted by molar-refractivity contribution is 5.82. The van der Waals surface area contributed by atoms with E-state index in [0.29, 0.717) is 19.8 Å². The lowest BCUT2D eigenvalue weighted by molar-refractivity contribution is -0.146. The number of carboxylic acids is 1. The maximum absolute atomic E-state index is 12.4. The Bertz CT molecular complexity index is 321. The van der Waals surface area contributed by atoms with Crippen LogP contribution in [0.2, 0.25) is 0 Å². The molecule has 108 valence electrons. The topological polar surface area (TPSA) is 76.1 Å². The SMILES string of the molecule is O=C(O)CCN(C(=O)C1CCCO1)C1CCOCC1. The molecule has 0 aliphatic carbocycles. The molecule has 2 heterocycles. The summed E-state index contributed by atoms with van der Waals surface area (Å²) in [5, 5.41) is 8.81. The molecule has 1 atom stereocenters. The van der Waals surface area contributed by atoms with E-state index in [1.165, 1.54) is 0 Å². The highest BCUT2D eigenvalue weighted by Gasteiger charge is 2.33. The van der Waals surface area contributed by atoms with Gasteiger partial charge in [-0.1, -0.05) is 0 Å². The Balaban J connectivity index is 1.98. The van der Waals surface area contributed by atoms with E-state index in [0.717, 1.165) is 25.7 Å². The smallest absolute Gasteiger partial charge is 0.305 e. The first-order chi connectivity index (χ1) is 9.18. The van der Waals surface area contributed by atoms with Crippen molar-refractivity contribution in [3.05, 3.63) is 0 Å². The Hall–Kier alpha value is -1.14. The molecule has 2 aliphatic rings. The van der Waals surface area contributed by atoms with Crippen molar-refractivity contribution in [2.24, 2.45) is 0 Å². The van der Waals surface area contributed by atoms with E-state index in [4.69, 9.17) is 14.6 Å². The predicted molar refractivity (Wildman–Crippen MR) is 66.8 cm³/mol. The van der Waals surface area contributed by atoms with Crippen molar-refractivity contribution < 1.29 is 24.2 Å². The van der Waals surface area contributed by atoms with Crippen molar-refractivity contribution in [2.45, 2.75) is 44.2 Å². The van der Waals surface area contributed by atoms with Crippen molar-refractivity contribution in [3.8, 4) is 0 Å². The van der Waals surface area contributed by atoms with Gasteiger partial charge in [-0.15, -0.1) is 0 Å². The number of carbonyl (C=O) groups excluding carboxylic acids is 1. The van der Waals surface area contributed by atoms with E-state index in [1.807, 2.05) is 0 Å². The summed E-state index contributed by atoms with van der Waals surface area (Å²) in [4.78, 5) is 24.9. The standard InChI is InChI=1S/C13H21NO5/c15-12(16)3-6-14(10-4-8-18-9-5-10)13(17)11-2-1-7-19-11/h10-11H,1-9H2,(H,15,16). The van der Waals surface area contributed by atoms with Crippen molar-refractivity contribution in [1.82, 2.24) is 4.90 Å². The zero-order chi connectivity index (χ0) is 13.7. The number of aliphatic carboxylic acids is 1. The van der Waals surface area contributed by atoms with E-state index < -0.39 is 5.97 Å². The summed E-state index contributed by atoms with van der Waals surface area (Å²) in [5.41, 5.74) is 0. The van der Waals surface area contributed by atoms with Crippen molar-refractivity contribution in [1.29, 1.82) is 0 Å². The van der Waals surface area contributed by atoms with Crippen LogP contribution >= 0.6 is 0 Å². The highest BCUT2D eigenvalue weighted by Crippen LogP contribution is 2.21. The van der Waals surface area contributed by atoms with Gasteiger partial charge in [-0.25, -0.2) is 0 Å². The van der Waals surface area contributed by atoms with Crippen LogP contribution < -0.4 is 0 Å². The Kier molecular flexibility index (Phi) is 5.15. The van der Waals surface area contributed by atoms with E-state index in [1.54, 1.807) is 4.90 Å². The van der Waals surface area contributed by atoms with E-state index in [-0.39, 0.29) is 31.0 Å². The van der Waals surface area contributed by atoms with Crippen LogP contribution in [0.5, 0.6) is 0 Å². The van der Waals surface area contributed by atoms with Crippen LogP contribution in [0.25, 0.3) is 0 Å². The monoisotopic (exact) mass is 271 g/mol. The van der Waals surface area contributed by atoms with E-state index in [2.05, 4.69) is 0 Å². The third-order valence-electron chi connectivity index (χ3n) is 3.69. The first-order valence-corrected chi connectivity index (χ1v) is 6.90. The highest BCUT2D eigenvalue weighted by atomic mass is 16.5. The molecule has 6 nitrogen and oxygen atoms in total. The fourth-order valence-corrected chi connectivity index (χ4v) is 2.64. The summed E-state index contributed by atoms with van der Waals surface area (Å²) in [6.45, 7) is 2.15. The van der Waals surface area contributed by atoms with Crippen LogP contribution in [0, 0.1) is 0 Å². The summed E-state index contributed by atoms with van der Waals surface area (Å²) in [5.74, 6) is -0.928. The Morgan fingerprint density at radius 1 is 1.16 bits per heavy atom. The third kappa shape index (κ3) is 3.91. The Morgan fingerprint density at radius 2 is 1.89 bits per heavy atom. The lowest BCUT2D eigenvalue weighted by Crippen LogP contribution is -2.48. The number of carboxylic acid groups (broad SMARTS) is 1. The molecule has 6 heteroatoms. The van der Waals surface area contributed by atoms with Gasteiger partial charge in [-0.05, 0) is 25.7 Å². The second-order valence-corrected chi connectivity index (χ2v) is 5.02. The Labute approximate surface area is 112 Å². The van der Waals surface area contributed by atoms with Gasteiger partial charge in [0.25, 0.3) is 5.91 Å². The quantitative estimate of drug-likeness (QED) is 0.794. The van der Waals surface area contributed by atoms with Crippen LogP contribution in [0.15, 0.2) is 0 Å². The van der Waals surface area contributed by atoms with Gasteiger partial charge in [0.15, 0.2) is 0 Å². The molecule has 0 bridgehead atoms. The van der Waals surface area contributed by atoms with Crippen LogP contribution in [-0.4, -0.2) is 60.4 Å². The molecular weight excluding hydrogens is 250 g/mol. The molecular formula is C13H21NO5. The number of hydrogen-bond acceptors (Lipinski definition) is 4. The molecule has 0 saturated carbocycles. The summed E-state index contributed by atoms with van der Waals surface area (Å²) in [7, 11) is 0. The van der Waals surface area contributed by atoms with Crippen LogP contribution in [0.3, 0.4) is 0 Å². The second-order valence-electron chi connectivity index (χ2n) is 5.02. The normalized spacial score (nSPS) is 24.3. The Morgan fingerprint density at radius 3 is 2.47 bits per heavy atom. The molecule has 19 heavy (non-hydrogen) atoms. The summed E-state index contributed by atoms with van der Waals surface area (Å²) in [6, 6.07) is 0.0878. The van der Waals surface area contributed by atoms with Crippen molar-refractivity contribution in [2.75, 3.05) is 26.4 Å². The lowest BCUT2D eigenvalue weighted by Gasteiger charge is -2.35. The van der Waals surface area contributed by atoms with Crippen LogP contribution in [0.1, 0.15) is 32.1 Å². The molecule has 1 amide bonds. The summed E-state index contributed by atoms with van der Waals surface area (Å²) < 4.78 is 10.7. The lowest BCUT2D eigenvalue weighted by atomic mass is 10.1. The number of rotatable bonds is 5. The third-order valence-corrected chi connectivity index (χ3v) is 3.69. The maximum Gasteiger partial charge on any atom is 0.305 e. The molecule has 2 saturated heterocycles. The van der Waals surface area contributed by atoms with Gasteiger partial charge >= 0.3 is 5.97 Å². The number of hydrogen-bond donors (Lipinski definition) is 1. The molecule has 0 aromatic heterocycles. The molecule has 0 aromatic carbocycles. The summed E-state index contributed by atoms with van der Waals surface area (Å²) >= 11 is 0. The molecule has 0 spiro atoms. The van der Waals surface area contributed by atoms with Gasteiger partial charge < -0.3 is 19.5 Å². The zero-order valence-electron chi connectivity index (χ0n) is 11.0. The van der Waals surface area contributed by atoms with E-state index in [9.17, 15) is 9.59 Å². The average Bonchev–Trinajstić information content (AvgIpc) is 2.93. The molecule has 2 rings (SSSR count). The van der Waals surface area contributed by atoms with Gasteiger partial charge in [0.2, 0.25) is 0 Å². The minimum Gasteiger partial charge on any atom is -0.481 e. The number of amides is 1. The minimum atomic E-state index is -0.878. The molecule has 0 aromatic rings. The number of carbonyl (C=O) groups is 2. The van der Waals surface area contributed by atoms with Gasteiger partial charge in [-0.3, -0.25) is 9.59 Å². The van der Waals surface area contributed by atoms with Crippen molar-refractivity contribution in [3.63, 3.8) is 0 Å². The van der Waals surface area contributed by atoms with E-state index >= 15 is 0 Å². The fraction of sp³-hybridized carbons (Fsp3) is 0.846. The molecule has 2 fully saturated rings. The van der Waals surface area contributed by atoms with Gasteiger partial charge in [-0.2, -0.15) is 0 Å². The molecule has 1 unspecified atom stereocenters. The van der Waals surface area contributed by atoms with Crippen LogP contribution in [-0.2, 0) is 19.1 Å². The average molecular weight is 271 g/mol. The second kappa shape index (κ2) is 6.86. The van der Waals surface area contributed by atoms with Gasteiger partial charge in [0.05, 0.1) is 6.42 Å². The van der Waals surface area contributed by atoms with Crippen molar-refractivity contribution >= 4 is 11.9 Å². The van der Waals surface area contributed by atoms with Gasteiger partial charge in [0.1, 0.15) is 6.10 Å². The maximum atomic E-state index is 12.4. The number of nitrogens with zero attached hydrogens (tertiary/aromatic N) is 1. The number of ether oxygens (including phenoxy) is 2. The predicted octanol–water partition coefficient (Wildman–Crippen LogP) is 0.648.